The van der Waals surface area contributed by atoms with Crippen molar-refractivity contribution in [2.45, 2.75) is 39.2 Å². The van der Waals surface area contributed by atoms with Crippen molar-refractivity contribution in [3.8, 4) is 0 Å². The lowest BCUT2D eigenvalue weighted by atomic mass is 10.1. The van der Waals surface area contributed by atoms with Crippen LogP contribution in [0.25, 0.3) is 21.8 Å². The van der Waals surface area contributed by atoms with Crippen LogP contribution in [0.3, 0.4) is 0 Å². The summed E-state index contributed by atoms with van der Waals surface area (Å²) in [7, 11) is 0. The second-order valence-electron chi connectivity index (χ2n) is 5.78. The highest BCUT2D eigenvalue weighted by molar-refractivity contribution is 9.11. The van der Waals surface area contributed by atoms with Gasteiger partial charge in [-0.05, 0) is 62.5 Å². The Morgan fingerprint density at radius 1 is 0.739 bits per heavy atom. The van der Waals surface area contributed by atoms with E-state index in [0.29, 0.717) is 0 Å². The summed E-state index contributed by atoms with van der Waals surface area (Å²) in [5.41, 5.74) is 2.55. The molecular weight excluding hydrogens is 550 g/mol. The Bertz CT molecular complexity index is 801. The molecule has 1 nitrogen and oxygen atoms in total. The Balaban J connectivity index is 2.25. The van der Waals surface area contributed by atoms with Gasteiger partial charge in [0, 0.05) is 35.2 Å². The molecular formula is C18H17Br4N. The number of nitrogens with zero attached hydrogens (tertiary/aromatic N) is 1. The molecule has 23 heavy (non-hydrogen) atoms. The monoisotopic (exact) mass is 563 g/mol. The van der Waals surface area contributed by atoms with Crippen LogP contribution in [0, 0.1) is 0 Å². The van der Waals surface area contributed by atoms with E-state index in [1.807, 2.05) is 0 Å². The smallest absolute Gasteiger partial charge is 0.0636 e. The van der Waals surface area contributed by atoms with E-state index in [-0.39, 0.29) is 0 Å². The molecule has 3 aromatic rings. The molecule has 0 saturated heterocycles. The molecule has 0 N–H and O–H groups in total. The fourth-order valence-corrected chi connectivity index (χ4v) is 6.00. The van der Waals surface area contributed by atoms with Crippen molar-refractivity contribution in [1.29, 1.82) is 0 Å². The summed E-state index contributed by atoms with van der Waals surface area (Å²) in [4.78, 5) is 0. The fourth-order valence-electron chi connectivity index (χ4n) is 3.12. The minimum Gasteiger partial charge on any atom is -0.339 e. The van der Waals surface area contributed by atoms with Gasteiger partial charge in [0.05, 0.1) is 11.0 Å². The Morgan fingerprint density at radius 2 is 1.26 bits per heavy atom. The average Bonchev–Trinajstić information content (AvgIpc) is 2.78. The number of halogens is 4. The molecule has 0 aliphatic carbocycles. The molecule has 0 aliphatic heterocycles. The van der Waals surface area contributed by atoms with Crippen molar-refractivity contribution in [1.82, 2.24) is 4.57 Å². The normalized spacial score (nSPS) is 11.7. The van der Waals surface area contributed by atoms with E-state index in [4.69, 9.17) is 0 Å². The fraction of sp³-hybridized carbons (Fsp3) is 0.333. The van der Waals surface area contributed by atoms with Crippen LogP contribution in [-0.4, -0.2) is 4.57 Å². The zero-order valence-electron chi connectivity index (χ0n) is 12.8. The van der Waals surface area contributed by atoms with Gasteiger partial charge in [0.1, 0.15) is 0 Å². The predicted molar refractivity (Wildman–Crippen MR) is 114 cm³/mol. The average molecular weight is 567 g/mol. The maximum atomic E-state index is 3.76. The number of unbranched alkanes of at least 4 members (excludes halogenated alkanes) is 3. The molecule has 0 unspecified atom stereocenters. The minimum atomic E-state index is 1.04. The number of aromatic nitrogens is 1. The first kappa shape index (κ1) is 18.0. The van der Waals surface area contributed by atoms with E-state index in [0.717, 1.165) is 24.4 Å². The standard InChI is InChI=1S/C18H17Br4N/c1-2-3-4-5-6-23-17-13(7-11(19)9-15(17)21)14-8-12(20)10-16(22)18(14)23/h7-10H,2-6H2,1H3. The van der Waals surface area contributed by atoms with Crippen LogP contribution in [-0.2, 0) is 6.54 Å². The molecule has 122 valence electrons. The summed E-state index contributed by atoms with van der Waals surface area (Å²) < 4.78 is 6.91. The number of aryl methyl sites for hydroxylation is 1. The van der Waals surface area contributed by atoms with Crippen LogP contribution in [0.2, 0.25) is 0 Å². The highest BCUT2D eigenvalue weighted by atomic mass is 79.9. The lowest BCUT2D eigenvalue weighted by Crippen LogP contribution is -1.99. The van der Waals surface area contributed by atoms with Crippen molar-refractivity contribution in [3.63, 3.8) is 0 Å². The van der Waals surface area contributed by atoms with Crippen molar-refractivity contribution < 1.29 is 0 Å². The largest absolute Gasteiger partial charge is 0.339 e. The van der Waals surface area contributed by atoms with Crippen LogP contribution in [0.1, 0.15) is 32.6 Å². The van der Waals surface area contributed by atoms with Crippen LogP contribution in [0.4, 0.5) is 0 Å². The number of hydrogen-bond donors (Lipinski definition) is 0. The van der Waals surface area contributed by atoms with Gasteiger partial charge in [-0.3, -0.25) is 0 Å². The molecule has 0 spiro atoms. The van der Waals surface area contributed by atoms with Crippen LogP contribution < -0.4 is 0 Å². The molecule has 1 heterocycles. The van der Waals surface area contributed by atoms with Gasteiger partial charge in [-0.15, -0.1) is 0 Å². The number of benzene rings is 2. The second kappa shape index (κ2) is 7.59. The van der Waals surface area contributed by atoms with Crippen LogP contribution >= 0.6 is 63.7 Å². The summed E-state index contributed by atoms with van der Waals surface area (Å²) in [5.74, 6) is 0. The predicted octanol–water partition coefficient (Wildman–Crippen LogP) is 8.42. The summed E-state index contributed by atoms with van der Waals surface area (Å²) in [6.45, 7) is 3.29. The van der Waals surface area contributed by atoms with Crippen molar-refractivity contribution in [3.05, 3.63) is 42.2 Å². The quantitative estimate of drug-likeness (QED) is 0.273. The van der Waals surface area contributed by atoms with Crippen LogP contribution in [0.5, 0.6) is 0 Å². The van der Waals surface area contributed by atoms with E-state index >= 15 is 0 Å². The third kappa shape index (κ3) is 3.58. The molecule has 5 heteroatoms. The number of rotatable bonds is 5. The van der Waals surface area contributed by atoms with Gasteiger partial charge in [0.15, 0.2) is 0 Å². The Morgan fingerprint density at radius 3 is 1.74 bits per heavy atom. The summed E-state index contributed by atoms with van der Waals surface area (Å²) in [5, 5.41) is 2.55. The molecule has 0 saturated carbocycles. The van der Waals surface area contributed by atoms with Gasteiger partial charge < -0.3 is 4.57 Å². The summed E-state index contributed by atoms with van der Waals surface area (Å²) in [6, 6.07) is 8.69. The van der Waals surface area contributed by atoms with Gasteiger partial charge in [-0.25, -0.2) is 0 Å². The first-order valence-electron chi connectivity index (χ1n) is 7.79. The lowest BCUT2D eigenvalue weighted by Gasteiger charge is -2.10. The third-order valence-electron chi connectivity index (χ3n) is 4.12. The zero-order chi connectivity index (χ0) is 16.6. The zero-order valence-corrected chi connectivity index (χ0v) is 19.1. The van der Waals surface area contributed by atoms with E-state index < -0.39 is 0 Å². The molecule has 3 rings (SSSR count). The van der Waals surface area contributed by atoms with Gasteiger partial charge in [-0.1, -0.05) is 58.0 Å². The third-order valence-corrected chi connectivity index (χ3v) is 6.25. The van der Waals surface area contributed by atoms with E-state index in [2.05, 4.69) is 99.5 Å². The highest BCUT2D eigenvalue weighted by Crippen LogP contribution is 2.40. The maximum absolute atomic E-state index is 3.76. The highest BCUT2D eigenvalue weighted by Gasteiger charge is 2.16. The molecule has 2 aromatic carbocycles. The van der Waals surface area contributed by atoms with Crippen LogP contribution in [0.15, 0.2) is 42.2 Å². The van der Waals surface area contributed by atoms with E-state index in [9.17, 15) is 0 Å². The van der Waals surface area contributed by atoms with Crippen molar-refractivity contribution in [2.75, 3.05) is 0 Å². The van der Waals surface area contributed by atoms with E-state index in [1.165, 1.54) is 47.5 Å². The first-order chi connectivity index (χ1) is 11.0. The maximum Gasteiger partial charge on any atom is 0.0636 e. The molecule has 0 radical (unpaired) electrons. The first-order valence-corrected chi connectivity index (χ1v) is 11.0. The number of fused-ring (bicyclic) bond motifs is 3. The number of hydrogen-bond acceptors (Lipinski definition) is 0. The topological polar surface area (TPSA) is 4.93 Å². The van der Waals surface area contributed by atoms with Crippen molar-refractivity contribution >= 4 is 85.5 Å². The Hall–Kier alpha value is 0.160. The Kier molecular flexibility index (Phi) is 5.93. The van der Waals surface area contributed by atoms with E-state index in [1.54, 1.807) is 0 Å². The summed E-state index contributed by atoms with van der Waals surface area (Å²) in [6.07, 6.45) is 5.05. The SMILES string of the molecule is CCCCCCn1c2c(Br)cc(Br)cc2c2cc(Br)cc(Br)c21. The van der Waals surface area contributed by atoms with Gasteiger partial charge in [0.25, 0.3) is 0 Å². The lowest BCUT2D eigenvalue weighted by molar-refractivity contribution is 0.602. The molecule has 0 atom stereocenters. The molecule has 0 amide bonds. The van der Waals surface area contributed by atoms with Gasteiger partial charge >= 0.3 is 0 Å². The Labute approximate surface area is 170 Å². The molecule has 1 aromatic heterocycles. The molecule has 0 bridgehead atoms. The molecule has 0 fully saturated rings. The minimum absolute atomic E-state index is 1.04. The summed E-state index contributed by atoms with van der Waals surface area (Å²) >= 11 is 14.8. The van der Waals surface area contributed by atoms with Crippen molar-refractivity contribution in [2.24, 2.45) is 0 Å². The van der Waals surface area contributed by atoms with Gasteiger partial charge in [0.2, 0.25) is 0 Å². The van der Waals surface area contributed by atoms with Gasteiger partial charge in [-0.2, -0.15) is 0 Å². The molecule has 0 aliphatic rings. The second-order valence-corrected chi connectivity index (χ2v) is 9.32.